The van der Waals surface area contributed by atoms with Gasteiger partial charge in [-0.3, -0.25) is 9.59 Å². The Balaban J connectivity index is 2.43. The molecule has 1 amide bonds. The lowest BCUT2D eigenvalue weighted by Crippen LogP contribution is -2.37. The first kappa shape index (κ1) is 12.6. The van der Waals surface area contributed by atoms with E-state index in [1.807, 2.05) is 13.0 Å². The Morgan fingerprint density at radius 2 is 2.28 bits per heavy atom. The number of carbonyl (C=O) groups excluding carboxylic acids is 1. The molecule has 1 aromatic carbocycles. The summed E-state index contributed by atoms with van der Waals surface area (Å²) in [5.74, 6) is -1.05. The number of likely N-dealkylation sites (N-methyl/N-ethyl adjacent to an activating group) is 1. The first-order valence-electron chi connectivity index (χ1n) is 5.91. The molecule has 5 nitrogen and oxygen atoms in total. The number of carboxylic acid groups (broad SMARTS) is 1. The average Bonchev–Trinajstić information content (AvgIpc) is 2.36. The van der Waals surface area contributed by atoms with E-state index in [1.165, 1.54) is 0 Å². The minimum atomic E-state index is -1.08. The van der Waals surface area contributed by atoms with Gasteiger partial charge in [0.1, 0.15) is 6.04 Å². The number of benzene rings is 1. The smallest absolute Gasteiger partial charge is 0.325 e. The second-order valence-electron chi connectivity index (χ2n) is 4.39. The molecule has 0 saturated carbocycles. The van der Waals surface area contributed by atoms with E-state index in [9.17, 15) is 9.59 Å². The van der Waals surface area contributed by atoms with Crippen LogP contribution in [-0.2, 0) is 22.6 Å². The van der Waals surface area contributed by atoms with E-state index in [0.29, 0.717) is 18.7 Å². The van der Waals surface area contributed by atoms with Crippen LogP contribution in [0.1, 0.15) is 29.7 Å². The number of carbonyl (C=O) groups is 2. The molecule has 1 aromatic rings. The number of nitrogens with two attached hydrogens (primary N) is 1. The van der Waals surface area contributed by atoms with Crippen molar-refractivity contribution >= 4 is 11.9 Å². The zero-order valence-corrected chi connectivity index (χ0v) is 10.2. The third-order valence-electron chi connectivity index (χ3n) is 3.33. The molecule has 0 radical (unpaired) electrons. The van der Waals surface area contributed by atoms with Crippen LogP contribution in [0.3, 0.4) is 0 Å². The fourth-order valence-electron chi connectivity index (χ4n) is 2.29. The summed E-state index contributed by atoms with van der Waals surface area (Å²) in [6.45, 7) is 3.12. The van der Waals surface area contributed by atoms with Crippen LogP contribution in [0.2, 0.25) is 0 Å². The van der Waals surface area contributed by atoms with Gasteiger partial charge in [-0.25, -0.2) is 0 Å². The molecule has 1 aliphatic heterocycles. The van der Waals surface area contributed by atoms with Gasteiger partial charge in [0, 0.05) is 13.1 Å². The zero-order chi connectivity index (χ0) is 13.3. The van der Waals surface area contributed by atoms with Crippen LogP contribution in [0.15, 0.2) is 18.2 Å². The van der Waals surface area contributed by atoms with Crippen LogP contribution in [0.25, 0.3) is 0 Å². The van der Waals surface area contributed by atoms with E-state index < -0.39 is 12.0 Å². The maximum Gasteiger partial charge on any atom is 0.325 e. The van der Waals surface area contributed by atoms with Gasteiger partial charge in [0.25, 0.3) is 0 Å². The summed E-state index contributed by atoms with van der Waals surface area (Å²) in [6.07, 6.45) is 0.236. The number of hydrogen-bond donors (Lipinski definition) is 2. The molecule has 18 heavy (non-hydrogen) atoms. The lowest BCUT2D eigenvalue weighted by Gasteiger charge is -2.29. The Morgan fingerprint density at radius 1 is 1.56 bits per heavy atom. The van der Waals surface area contributed by atoms with E-state index in [-0.39, 0.29) is 12.3 Å². The van der Waals surface area contributed by atoms with Gasteiger partial charge in [0.2, 0.25) is 5.91 Å². The van der Waals surface area contributed by atoms with Crippen LogP contribution < -0.4 is 5.73 Å². The Hall–Kier alpha value is -1.88. The average molecular weight is 248 g/mol. The van der Waals surface area contributed by atoms with Crippen LogP contribution in [-0.4, -0.2) is 28.4 Å². The molecule has 0 spiro atoms. The monoisotopic (exact) mass is 248 g/mol. The van der Waals surface area contributed by atoms with Crippen molar-refractivity contribution in [2.24, 2.45) is 5.73 Å². The van der Waals surface area contributed by atoms with E-state index in [1.54, 1.807) is 17.0 Å². The minimum absolute atomic E-state index is 0.0232. The van der Waals surface area contributed by atoms with Crippen molar-refractivity contribution < 1.29 is 14.7 Å². The summed E-state index contributed by atoms with van der Waals surface area (Å²) in [5, 5.41) is 8.98. The van der Waals surface area contributed by atoms with Crippen LogP contribution in [0.5, 0.6) is 0 Å². The Bertz CT molecular complexity index is 499. The summed E-state index contributed by atoms with van der Waals surface area (Å²) in [5.41, 5.74) is 7.97. The highest BCUT2D eigenvalue weighted by atomic mass is 16.4. The molecule has 0 aromatic heterocycles. The van der Waals surface area contributed by atoms with E-state index >= 15 is 0 Å². The largest absolute Gasteiger partial charge is 0.480 e. The first-order valence-corrected chi connectivity index (χ1v) is 5.91. The SMILES string of the molecule is CCN1Cc2cccc(C(N)C(=O)O)c2CC1=O. The number of amides is 1. The van der Waals surface area contributed by atoms with Crippen molar-refractivity contribution in [3.8, 4) is 0 Å². The lowest BCUT2D eigenvalue weighted by molar-refractivity contribution is -0.139. The molecule has 1 unspecified atom stereocenters. The van der Waals surface area contributed by atoms with Gasteiger partial charge >= 0.3 is 5.97 Å². The lowest BCUT2D eigenvalue weighted by atomic mass is 9.90. The number of rotatable bonds is 3. The van der Waals surface area contributed by atoms with Gasteiger partial charge in [-0.2, -0.15) is 0 Å². The van der Waals surface area contributed by atoms with Gasteiger partial charge in [0.05, 0.1) is 6.42 Å². The molecule has 0 saturated heterocycles. The predicted molar refractivity (Wildman–Crippen MR) is 65.8 cm³/mol. The third kappa shape index (κ3) is 2.09. The van der Waals surface area contributed by atoms with Gasteiger partial charge in [-0.15, -0.1) is 0 Å². The topological polar surface area (TPSA) is 83.6 Å². The second kappa shape index (κ2) is 4.78. The summed E-state index contributed by atoms with van der Waals surface area (Å²) < 4.78 is 0. The van der Waals surface area contributed by atoms with E-state index in [2.05, 4.69) is 0 Å². The standard InChI is InChI=1S/C13H16N2O3/c1-2-15-7-8-4-3-5-9(12(14)13(17)18)10(8)6-11(15)16/h3-5,12H,2,6-7,14H2,1H3,(H,17,18). The fourth-order valence-corrected chi connectivity index (χ4v) is 2.29. The normalized spacial score (nSPS) is 16.3. The maximum absolute atomic E-state index is 11.9. The molecule has 5 heteroatoms. The Labute approximate surface area is 105 Å². The van der Waals surface area contributed by atoms with Crippen molar-refractivity contribution in [3.05, 3.63) is 34.9 Å². The van der Waals surface area contributed by atoms with Crippen molar-refractivity contribution in [1.82, 2.24) is 4.90 Å². The highest BCUT2D eigenvalue weighted by Gasteiger charge is 2.27. The molecule has 1 aliphatic rings. The fraction of sp³-hybridized carbons (Fsp3) is 0.385. The van der Waals surface area contributed by atoms with Crippen molar-refractivity contribution in [3.63, 3.8) is 0 Å². The van der Waals surface area contributed by atoms with Gasteiger partial charge in [-0.05, 0) is 23.6 Å². The Morgan fingerprint density at radius 3 is 2.89 bits per heavy atom. The number of aliphatic carboxylic acids is 1. The summed E-state index contributed by atoms with van der Waals surface area (Å²) in [6, 6.07) is 4.33. The van der Waals surface area contributed by atoms with Crippen molar-refractivity contribution in [1.29, 1.82) is 0 Å². The summed E-state index contributed by atoms with van der Waals surface area (Å²) in [7, 11) is 0. The highest BCUT2D eigenvalue weighted by Crippen LogP contribution is 2.26. The molecule has 0 aliphatic carbocycles. The van der Waals surface area contributed by atoms with Crippen molar-refractivity contribution in [2.45, 2.75) is 25.9 Å². The molecule has 1 atom stereocenters. The van der Waals surface area contributed by atoms with Crippen molar-refractivity contribution in [2.75, 3.05) is 6.54 Å². The molecule has 2 rings (SSSR count). The predicted octanol–water partition coefficient (Wildman–Crippen LogP) is 0.676. The molecular weight excluding hydrogens is 232 g/mol. The molecule has 96 valence electrons. The first-order chi connectivity index (χ1) is 8.54. The molecule has 0 fully saturated rings. The van der Waals surface area contributed by atoms with E-state index in [0.717, 1.165) is 11.1 Å². The van der Waals surface area contributed by atoms with Crippen LogP contribution >= 0.6 is 0 Å². The number of nitrogens with zero attached hydrogens (tertiary/aromatic N) is 1. The molecule has 1 heterocycles. The maximum atomic E-state index is 11.9. The highest BCUT2D eigenvalue weighted by molar-refractivity contribution is 5.83. The van der Waals surface area contributed by atoms with E-state index in [4.69, 9.17) is 10.8 Å². The summed E-state index contributed by atoms with van der Waals surface area (Å²) in [4.78, 5) is 24.6. The number of carboxylic acids is 1. The summed E-state index contributed by atoms with van der Waals surface area (Å²) >= 11 is 0. The molecular formula is C13H16N2O3. The van der Waals surface area contributed by atoms with Crippen LogP contribution in [0, 0.1) is 0 Å². The quantitative estimate of drug-likeness (QED) is 0.823. The zero-order valence-electron chi connectivity index (χ0n) is 10.2. The van der Waals surface area contributed by atoms with Gasteiger partial charge in [-0.1, -0.05) is 18.2 Å². The van der Waals surface area contributed by atoms with Gasteiger partial charge in [0.15, 0.2) is 0 Å². The van der Waals surface area contributed by atoms with Gasteiger partial charge < -0.3 is 15.7 Å². The second-order valence-corrected chi connectivity index (χ2v) is 4.39. The van der Waals surface area contributed by atoms with Crippen LogP contribution in [0.4, 0.5) is 0 Å². The minimum Gasteiger partial charge on any atom is -0.480 e. The number of fused-ring (bicyclic) bond motifs is 1. The number of hydrogen-bond acceptors (Lipinski definition) is 3. The molecule has 0 bridgehead atoms. The Kier molecular flexibility index (Phi) is 3.34. The molecule has 3 N–H and O–H groups in total. The third-order valence-corrected chi connectivity index (χ3v) is 3.33.